The fraction of sp³-hybridized carbons (Fsp3) is 0.167. The van der Waals surface area contributed by atoms with Crippen molar-refractivity contribution in [2.24, 2.45) is 7.05 Å². The molecule has 0 aliphatic carbocycles. The largest absolute Gasteiger partial charge is 1.00 e. The van der Waals surface area contributed by atoms with Gasteiger partial charge in [0.2, 0.25) is 0 Å². The molecule has 0 N–H and O–H groups in total. The number of rotatable bonds is 4. The molecule has 88 valence electrons. The number of aromatic nitrogens is 2. The van der Waals surface area contributed by atoms with Crippen LogP contribution in [0.4, 0.5) is 0 Å². The van der Waals surface area contributed by atoms with Gasteiger partial charge in [0.15, 0.2) is 5.82 Å². The van der Waals surface area contributed by atoms with Crippen LogP contribution in [0.1, 0.15) is 16.3 Å². The van der Waals surface area contributed by atoms with Gasteiger partial charge in [-0.2, -0.15) is 0 Å². The number of aryl methyl sites for hydroxylation is 1. The summed E-state index contributed by atoms with van der Waals surface area (Å²) < 4.78 is 6.85. The zero-order valence-electron chi connectivity index (χ0n) is 10.3. The van der Waals surface area contributed by atoms with Crippen molar-refractivity contribution in [2.45, 2.75) is 6.61 Å². The molecule has 2 rings (SSSR count). The number of carboxylic acid groups (broad SMARTS) is 1. The standard InChI is InChI=1S/C12H12N2O3.Li/c1-14-7-9(13-11(14)12(15)16)8-17-10-5-3-2-4-6-10;/h2-7H,8H2,1H3,(H,15,16);/q;+1/p-1. The van der Waals surface area contributed by atoms with E-state index in [1.165, 1.54) is 4.57 Å². The van der Waals surface area contributed by atoms with E-state index in [1.54, 1.807) is 13.2 Å². The van der Waals surface area contributed by atoms with E-state index in [2.05, 4.69) is 4.98 Å². The minimum absolute atomic E-state index is 0. The Bertz CT molecular complexity index is 525. The Labute approximate surface area is 117 Å². The van der Waals surface area contributed by atoms with Crippen molar-refractivity contribution in [1.29, 1.82) is 0 Å². The topological polar surface area (TPSA) is 67.2 Å². The third kappa shape index (κ3) is 3.39. The van der Waals surface area contributed by atoms with E-state index >= 15 is 0 Å². The first-order valence-corrected chi connectivity index (χ1v) is 5.08. The summed E-state index contributed by atoms with van der Waals surface area (Å²) in [6.07, 6.45) is 1.61. The Morgan fingerprint density at radius 1 is 1.39 bits per heavy atom. The summed E-state index contributed by atoms with van der Waals surface area (Å²) in [7, 11) is 1.60. The van der Waals surface area contributed by atoms with Gasteiger partial charge in [0.1, 0.15) is 18.3 Å². The van der Waals surface area contributed by atoms with E-state index in [1.807, 2.05) is 30.3 Å². The van der Waals surface area contributed by atoms with E-state index in [0.29, 0.717) is 11.4 Å². The van der Waals surface area contributed by atoms with Crippen molar-refractivity contribution in [3.63, 3.8) is 0 Å². The van der Waals surface area contributed by atoms with Gasteiger partial charge >= 0.3 is 18.9 Å². The van der Waals surface area contributed by atoms with Gasteiger partial charge in [0, 0.05) is 13.2 Å². The zero-order chi connectivity index (χ0) is 12.3. The number of hydrogen-bond acceptors (Lipinski definition) is 4. The Morgan fingerprint density at radius 2 is 2.06 bits per heavy atom. The summed E-state index contributed by atoms with van der Waals surface area (Å²) in [5, 5.41) is 10.7. The molecule has 18 heavy (non-hydrogen) atoms. The maximum atomic E-state index is 10.7. The number of imidazole rings is 1. The van der Waals surface area contributed by atoms with Crippen LogP contribution in [0.15, 0.2) is 36.5 Å². The molecule has 2 aromatic rings. The zero-order valence-corrected chi connectivity index (χ0v) is 10.3. The normalized spacial score (nSPS) is 9.61. The minimum atomic E-state index is -1.29. The Hall–Kier alpha value is -1.70. The molecule has 6 heteroatoms. The molecule has 0 fully saturated rings. The predicted octanol–water partition coefficient (Wildman–Crippen LogP) is -2.63. The first-order chi connectivity index (χ1) is 8.16. The van der Waals surface area contributed by atoms with Gasteiger partial charge in [-0.15, -0.1) is 0 Å². The smallest absolute Gasteiger partial charge is 0.542 e. The van der Waals surface area contributed by atoms with Crippen molar-refractivity contribution in [2.75, 3.05) is 0 Å². The second kappa shape index (κ2) is 6.29. The van der Waals surface area contributed by atoms with Crippen LogP contribution < -0.4 is 28.7 Å². The van der Waals surface area contributed by atoms with Crippen LogP contribution >= 0.6 is 0 Å². The number of ether oxygens (including phenoxy) is 1. The first-order valence-electron chi connectivity index (χ1n) is 5.08. The van der Waals surface area contributed by atoms with Gasteiger partial charge in [-0.3, -0.25) is 0 Å². The molecule has 0 spiro atoms. The Morgan fingerprint density at radius 3 is 2.61 bits per heavy atom. The molecular formula is C12H11LiN2O3. The minimum Gasteiger partial charge on any atom is -0.542 e. The molecule has 0 saturated carbocycles. The number of hydrogen-bond donors (Lipinski definition) is 0. The summed E-state index contributed by atoms with van der Waals surface area (Å²) >= 11 is 0. The Balaban J connectivity index is 0.00000162. The van der Waals surface area contributed by atoms with E-state index in [4.69, 9.17) is 4.74 Å². The van der Waals surface area contributed by atoms with E-state index in [9.17, 15) is 9.90 Å². The maximum Gasteiger partial charge on any atom is 1.00 e. The number of nitrogens with zero attached hydrogens (tertiary/aromatic N) is 2. The van der Waals surface area contributed by atoms with Crippen LogP contribution in [0.25, 0.3) is 0 Å². The van der Waals surface area contributed by atoms with Gasteiger partial charge in [0.25, 0.3) is 0 Å². The van der Waals surface area contributed by atoms with Crippen LogP contribution in [0.3, 0.4) is 0 Å². The number of carbonyl (C=O) groups is 1. The van der Waals surface area contributed by atoms with Gasteiger partial charge in [0.05, 0.1) is 5.69 Å². The fourth-order valence-corrected chi connectivity index (χ4v) is 1.46. The molecule has 0 unspecified atom stereocenters. The molecule has 5 nitrogen and oxygen atoms in total. The average molecular weight is 238 g/mol. The molecule has 1 aromatic carbocycles. The average Bonchev–Trinajstić information content (AvgIpc) is 2.69. The van der Waals surface area contributed by atoms with Crippen molar-refractivity contribution in [3.8, 4) is 5.75 Å². The molecule has 1 aromatic heterocycles. The van der Waals surface area contributed by atoms with Crippen LogP contribution in [0, 0.1) is 0 Å². The second-order valence-electron chi connectivity index (χ2n) is 3.56. The van der Waals surface area contributed by atoms with Gasteiger partial charge in [-0.25, -0.2) is 4.98 Å². The van der Waals surface area contributed by atoms with Crippen LogP contribution in [-0.4, -0.2) is 15.5 Å². The van der Waals surface area contributed by atoms with Crippen molar-refractivity contribution < 1.29 is 33.5 Å². The van der Waals surface area contributed by atoms with Crippen LogP contribution in [0.2, 0.25) is 0 Å². The number of carbonyl (C=O) groups excluding carboxylic acids is 1. The van der Waals surface area contributed by atoms with E-state index in [0.717, 1.165) is 0 Å². The van der Waals surface area contributed by atoms with E-state index < -0.39 is 5.97 Å². The van der Waals surface area contributed by atoms with Crippen molar-refractivity contribution in [3.05, 3.63) is 48.0 Å². The molecule has 0 atom stereocenters. The second-order valence-corrected chi connectivity index (χ2v) is 3.56. The summed E-state index contributed by atoms with van der Waals surface area (Å²) in [5.74, 6) is -0.678. The third-order valence-electron chi connectivity index (χ3n) is 2.24. The van der Waals surface area contributed by atoms with Crippen LogP contribution in [-0.2, 0) is 13.7 Å². The predicted molar refractivity (Wildman–Crippen MR) is 58.3 cm³/mol. The summed E-state index contributed by atoms with van der Waals surface area (Å²) in [6, 6.07) is 9.26. The summed E-state index contributed by atoms with van der Waals surface area (Å²) in [6.45, 7) is 0.227. The summed E-state index contributed by atoms with van der Waals surface area (Å²) in [4.78, 5) is 14.6. The van der Waals surface area contributed by atoms with Gasteiger partial charge in [-0.05, 0) is 12.1 Å². The monoisotopic (exact) mass is 238 g/mol. The van der Waals surface area contributed by atoms with Crippen LogP contribution in [0.5, 0.6) is 5.75 Å². The first kappa shape index (κ1) is 14.4. The van der Waals surface area contributed by atoms with Crippen molar-refractivity contribution in [1.82, 2.24) is 9.55 Å². The molecule has 0 radical (unpaired) electrons. The quantitative estimate of drug-likeness (QED) is 0.546. The molecule has 0 aliphatic heterocycles. The molecule has 0 aliphatic rings. The molecule has 0 amide bonds. The fourth-order valence-electron chi connectivity index (χ4n) is 1.46. The number of benzene rings is 1. The number of carboxylic acids is 1. The van der Waals surface area contributed by atoms with E-state index in [-0.39, 0.29) is 31.3 Å². The maximum absolute atomic E-state index is 10.7. The molecular weight excluding hydrogens is 227 g/mol. The molecule has 0 saturated heterocycles. The molecule has 0 bridgehead atoms. The summed E-state index contributed by atoms with van der Waals surface area (Å²) in [5.41, 5.74) is 0.551. The van der Waals surface area contributed by atoms with Crippen molar-refractivity contribution >= 4 is 5.97 Å². The number of aromatic carboxylic acids is 1. The van der Waals surface area contributed by atoms with Gasteiger partial charge in [-0.1, -0.05) is 18.2 Å². The number of para-hydroxylation sites is 1. The Kier molecular flexibility index (Phi) is 5.02. The SMILES string of the molecule is Cn1cc(COc2ccccc2)nc1C(=O)[O-].[Li+]. The third-order valence-corrected chi connectivity index (χ3v) is 2.24. The molecule has 1 heterocycles. The van der Waals surface area contributed by atoms with Gasteiger partial charge < -0.3 is 19.2 Å².